The zero-order chi connectivity index (χ0) is 12.5. The molecule has 0 aliphatic rings. The summed E-state index contributed by atoms with van der Waals surface area (Å²) in [4.78, 5) is 3.58. The zero-order valence-corrected chi connectivity index (χ0v) is 9.94. The van der Waals surface area contributed by atoms with Crippen molar-refractivity contribution in [3.05, 3.63) is 17.3 Å². The molecule has 1 aromatic rings. The van der Waals surface area contributed by atoms with Crippen LogP contribution in [-0.2, 0) is 9.05 Å². The molecule has 1 heterocycles. The summed E-state index contributed by atoms with van der Waals surface area (Å²) in [7, 11) is 2.09. The van der Waals surface area contributed by atoms with Gasteiger partial charge in [-0.25, -0.2) is 22.2 Å². The Morgan fingerprint density at radius 3 is 2.44 bits per heavy atom. The molecular weight excluding hydrogens is 264 g/mol. The van der Waals surface area contributed by atoms with E-state index in [9.17, 15) is 17.2 Å². The van der Waals surface area contributed by atoms with Gasteiger partial charge in [-0.2, -0.15) is 0 Å². The second-order valence-corrected chi connectivity index (χ2v) is 5.42. The summed E-state index contributed by atoms with van der Waals surface area (Å²) in [6.45, 7) is 1.36. The fraction of sp³-hybridized carbons (Fsp3) is 0.375. The van der Waals surface area contributed by atoms with E-state index >= 15 is 0 Å². The first-order chi connectivity index (χ1) is 7.27. The summed E-state index contributed by atoms with van der Waals surface area (Å²) in [6, 6.07) is 0.707. The van der Waals surface area contributed by atoms with Crippen LogP contribution in [0.25, 0.3) is 0 Å². The molecule has 4 nitrogen and oxygen atoms in total. The van der Waals surface area contributed by atoms with Crippen LogP contribution in [0.2, 0.25) is 0 Å². The van der Waals surface area contributed by atoms with Crippen molar-refractivity contribution in [3.63, 3.8) is 0 Å². The van der Waals surface area contributed by atoms with Crippen LogP contribution in [0.1, 0.15) is 17.7 Å². The Labute approximate surface area is 95.6 Å². The van der Waals surface area contributed by atoms with Crippen LogP contribution in [0.15, 0.2) is 11.1 Å². The first-order valence-electron chi connectivity index (χ1n) is 4.05. The van der Waals surface area contributed by atoms with Crippen molar-refractivity contribution in [1.29, 1.82) is 0 Å². The van der Waals surface area contributed by atoms with E-state index in [4.69, 9.17) is 15.4 Å². The number of rotatable bonds is 3. The van der Waals surface area contributed by atoms with Crippen LogP contribution in [0.3, 0.4) is 0 Å². The van der Waals surface area contributed by atoms with Crippen LogP contribution in [0, 0.1) is 6.92 Å². The smallest absolute Gasteiger partial charge is 0.278 e. The molecule has 0 aliphatic carbocycles. The van der Waals surface area contributed by atoms with Gasteiger partial charge in [0.2, 0.25) is 0 Å². The highest BCUT2D eigenvalue weighted by Gasteiger charge is 2.22. The van der Waals surface area contributed by atoms with E-state index in [0.717, 1.165) is 0 Å². The second-order valence-electron chi connectivity index (χ2n) is 2.91. The average Bonchev–Trinajstić information content (AvgIpc) is 2.14. The highest BCUT2D eigenvalue weighted by molar-refractivity contribution is 8.13. The summed E-state index contributed by atoms with van der Waals surface area (Å²) in [5, 5.41) is -0.609. The Balaban J connectivity index is 3.52. The molecule has 0 bridgehead atoms. The van der Waals surface area contributed by atoms with Gasteiger partial charge < -0.3 is 4.74 Å². The number of methoxy groups -OCH3 is 1. The topological polar surface area (TPSA) is 56.3 Å². The molecule has 0 aromatic carbocycles. The van der Waals surface area contributed by atoms with Crippen LogP contribution in [-0.4, -0.2) is 20.5 Å². The molecule has 0 fully saturated rings. The third kappa shape index (κ3) is 2.59. The van der Waals surface area contributed by atoms with Crippen molar-refractivity contribution < 1.29 is 21.9 Å². The van der Waals surface area contributed by atoms with Crippen LogP contribution in [0.5, 0.6) is 5.75 Å². The van der Waals surface area contributed by atoms with Gasteiger partial charge in [0.25, 0.3) is 15.5 Å². The highest BCUT2D eigenvalue weighted by atomic mass is 35.7. The lowest BCUT2D eigenvalue weighted by Gasteiger charge is -2.11. The molecule has 16 heavy (non-hydrogen) atoms. The summed E-state index contributed by atoms with van der Waals surface area (Å²) >= 11 is 0. The molecule has 8 heteroatoms. The lowest BCUT2D eigenvalue weighted by Crippen LogP contribution is -2.03. The molecule has 0 radical (unpaired) electrons. The monoisotopic (exact) mass is 271 g/mol. The predicted octanol–water partition coefficient (Wildman–Crippen LogP) is 2.26. The van der Waals surface area contributed by atoms with Crippen molar-refractivity contribution in [1.82, 2.24) is 4.98 Å². The minimum absolute atomic E-state index is 0.0412. The fourth-order valence-electron chi connectivity index (χ4n) is 1.21. The van der Waals surface area contributed by atoms with E-state index in [1.165, 1.54) is 14.0 Å². The predicted molar refractivity (Wildman–Crippen MR) is 53.5 cm³/mol. The third-order valence-electron chi connectivity index (χ3n) is 1.84. The van der Waals surface area contributed by atoms with E-state index in [-0.39, 0.29) is 11.4 Å². The number of pyridine rings is 1. The fourth-order valence-corrected chi connectivity index (χ4v) is 1.96. The van der Waals surface area contributed by atoms with E-state index in [2.05, 4.69) is 4.98 Å². The summed E-state index contributed by atoms with van der Waals surface area (Å²) < 4.78 is 51.9. The van der Waals surface area contributed by atoms with Crippen LogP contribution in [0.4, 0.5) is 8.78 Å². The molecule has 0 aliphatic heterocycles. The average molecular weight is 272 g/mol. The summed E-state index contributed by atoms with van der Waals surface area (Å²) in [5.41, 5.74) is -0.506. The maximum Gasteiger partial charge on any atom is 0.278 e. The van der Waals surface area contributed by atoms with Crippen LogP contribution < -0.4 is 4.74 Å². The SMILES string of the molecule is COc1c(C(F)F)cc(S(=O)(=O)Cl)nc1C. The maximum atomic E-state index is 12.6. The Kier molecular flexibility index (Phi) is 3.69. The Morgan fingerprint density at radius 1 is 1.50 bits per heavy atom. The molecule has 1 aromatic heterocycles. The molecule has 0 N–H and O–H groups in total. The molecule has 0 saturated heterocycles. The lowest BCUT2D eigenvalue weighted by atomic mass is 10.2. The van der Waals surface area contributed by atoms with E-state index in [0.29, 0.717) is 6.07 Å². The molecular formula is C8H8ClF2NO3S. The van der Waals surface area contributed by atoms with Gasteiger partial charge in [0, 0.05) is 10.7 Å². The van der Waals surface area contributed by atoms with Gasteiger partial charge in [0.05, 0.1) is 18.4 Å². The number of hydrogen-bond donors (Lipinski definition) is 0. The quantitative estimate of drug-likeness (QED) is 0.792. The Hall–Kier alpha value is -0.950. The molecule has 0 atom stereocenters. The van der Waals surface area contributed by atoms with E-state index < -0.39 is 26.1 Å². The lowest BCUT2D eigenvalue weighted by molar-refractivity contribution is 0.146. The number of ether oxygens (including phenoxy) is 1. The Bertz CT molecular complexity index is 504. The van der Waals surface area contributed by atoms with Crippen molar-refractivity contribution in [2.45, 2.75) is 18.4 Å². The number of aryl methyl sites for hydroxylation is 1. The number of nitrogens with zero attached hydrogens (tertiary/aromatic N) is 1. The van der Waals surface area contributed by atoms with Crippen molar-refractivity contribution in [2.24, 2.45) is 0 Å². The minimum Gasteiger partial charge on any atom is -0.494 e. The molecule has 90 valence electrons. The normalized spacial score (nSPS) is 11.9. The molecule has 1 rings (SSSR count). The molecule has 0 saturated carbocycles. The van der Waals surface area contributed by atoms with E-state index in [1.54, 1.807) is 0 Å². The highest BCUT2D eigenvalue weighted by Crippen LogP contribution is 2.33. The van der Waals surface area contributed by atoms with Crippen molar-refractivity contribution in [3.8, 4) is 5.75 Å². The minimum atomic E-state index is -4.13. The van der Waals surface area contributed by atoms with Gasteiger partial charge in [0.15, 0.2) is 5.03 Å². The summed E-state index contributed by atoms with van der Waals surface area (Å²) in [5.74, 6) is -0.140. The van der Waals surface area contributed by atoms with Crippen molar-refractivity contribution in [2.75, 3.05) is 7.11 Å². The van der Waals surface area contributed by atoms with E-state index in [1.807, 2.05) is 0 Å². The largest absolute Gasteiger partial charge is 0.494 e. The molecule has 0 unspecified atom stereocenters. The van der Waals surface area contributed by atoms with Gasteiger partial charge in [-0.1, -0.05) is 0 Å². The van der Waals surface area contributed by atoms with Gasteiger partial charge in [-0.3, -0.25) is 0 Å². The first-order valence-corrected chi connectivity index (χ1v) is 6.36. The molecule has 0 amide bonds. The number of alkyl halides is 2. The van der Waals surface area contributed by atoms with Gasteiger partial charge in [-0.05, 0) is 13.0 Å². The number of halogens is 3. The van der Waals surface area contributed by atoms with Gasteiger partial charge >= 0.3 is 0 Å². The zero-order valence-electron chi connectivity index (χ0n) is 8.37. The number of hydrogen-bond acceptors (Lipinski definition) is 4. The number of aromatic nitrogens is 1. The van der Waals surface area contributed by atoms with Crippen molar-refractivity contribution >= 4 is 19.7 Å². The second kappa shape index (κ2) is 4.50. The maximum absolute atomic E-state index is 12.6. The third-order valence-corrected chi connectivity index (χ3v) is 3.02. The van der Waals surface area contributed by atoms with Gasteiger partial charge in [0.1, 0.15) is 5.75 Å². The molecule has 0 spiro atoms. The standard InChI is InChI=1S/C8H8ClF2NO3S/c1-4-7(15-2)5(8(10)11)3-6(12-4)16(9,13)14/h3,8H,1-2H3. The Morgan fingerprint density at radius 2 is 2.06 bits per heavy atom. The van der Waals surface area contributed by atoms with Crippen LogP contribution >= 0.6 is 10.7 Å². The summed E-state index contributed by atoms with van der Waals surface area (Å²) in [6.07, 6.45) is -2.87. The first kappa shape index (κ1) is 13.1. The van der Waals surface area contributed by atoms with Gasteiger partial charge in [-0.15, -0.1) is 0 Å².